The molecule has 554 valence electrons. The predicted molar refractivity (Wildman–Crippen MR) is 412 cm³/mol. The molecular weight excluding hydrogens is 1140 g/mol. The number of hydrogen-bond donors (Lipinski definition) is 3. The zero-order valence-corrected chi connectivity index (χ0v) is 63.8. The third-order valence-corrected chi connectivity index (χ3v) is 20.8. The zero-order valence-electron chi connectivity index (χ0n) is 63.8. The maximum Gasteiger partial charge on any atom is 0.305 e. The third-order valence-electron chi connectivity index (χ3n) is 20.8. The van der Waals surface area contributed by atoms with Gasteiger partial charge in [0.2, 0.25) is 5.91 Å². The number of carbonyl (C=O) groups excluding carboxylic acids is 2. The summed E-state index contributed by atoms with van der Waals surface area (Å²) in [7, 11) is 0. The molecule has 0 saturated carbocycles. The van der Waals surface area contributed by atoms with Gasteiger partial charge in [0.1, 0.15) is 0 Å². The third kappa shape index (κ3) is 79.5. The van der Waals surface area contributed by atoms with Crippen molar-refractivity contribution in [1.29, 1.82) is 0 Å². The first-order valence-corrected chi connectivity index (χ1v) is 43.4. The van der Waals surface area contributed by atoms with Gasteiger partial charge in [0.15, 0.2) is 0 Å². The largest absolute Gasteiger partial charge is 0.466 e. The lowest BCUT2D eigenvalue weighted by atomic mass is 10.0. The summed E-state index contributed by atoms with van der Waals surface area (Å²) in [5.74, 6) is -0.00114. The van der Waals surface area contributed by atoms with Crippen molar-refractivity contribution in [3.8, 4) is 0 Å². The Morgan fingerprint density at radius 2 is 0.505 bits per heavy atom. The van der Waals surface area contributed by atoms with Crippen molar-refractivity contribution < 1.29 is 24.5 Å². The molecule has 0 heterocycles. The maximum absolute atomic E-state index is 12.6. The van der Waals surface area contributed by atoms with E-state index in [-0.39, 0.29) is 18.5 Å². The summed E-state index contributed by atoms with van der Waals surface area (Å²) < 4.78 is 5.52. The Morgan fingerprint density at radius 3 is 0.763 bits per heavy atom. The fourth-order valence-electron chi connectivity index (χ4n) is 14.2. The van der Waals surface area contributed by atoms with Crippen molar-refractivity contribution in [2.75, 3.05) is 13.2 Å². The first kappa shape index (κ1) is 91.6. The topological polar surface area (TPSA) is 95.9 Å². The van der Waals surface area contributed by atoms with Gasteiger partial charge < -0.3 is 20.3 Å². The highest BCUT2D eigenvalue weighted by atomic mass is 16.5. The van der Waals surface area contributed by atoms with Crippen molar-refractivity contribution in [3.05, 3.63) is 12.2 Å². The first-order valence-electron chi connectivity index (χ1n) is 43.4. The molecule has 0 aliphatic carbocycles. The summed E-state index contributed by atoms with van der Waals surface area (Å²) >= 11 is 0. The van der Waals surface area contributed by atoms with E-state index in [4.69, 9.17) is 4.74 Å². The highest BCUT2D eigenvalue weighted by molar-refractivity contribution is 5.76. The van der Waals surface area contributed by atoms with Crippen molar-refractivity contribution in [2.24, 2.45) is 0 Å². The predicted octanol–water partition coefficient (Wildman–Crippen LogP) is 29.0. The van der Waals surface area contributed by atoms with Gasteiger partial charge in [-0.1, -0.05) is 456 Å². The second kappa shape index (κ2) is 83.0. The van der Waals surface area contributed by atoms with Crippen molar-refractivity contribution >= 4 is 11.9 Å². The van der Waals surface area contributed by atoms with E-state index in [2.05, 4.69) is 31.3 Å². The van der Waals surface area contributed by atoms with E-state index in [0.29, 0.717) is 25.9 Å². The fraction of sp³-hybridized carbons (Fsp3) is 0.954. The molecule has 0 bridgehead atoms. The number of esters is 1. The van der Waals surface area contributed by atoms with Crippen LogP contribution in [0.2, 0.25) is 0 Å². The Labute approximate surface area is 584 Å². The van der Waals surface area contributed by atoms with Gasteiger partial charge in [-0.3, -0.25) is 9.59 Å². The minimum atomic E-state index is -0.662. The van der Waals surface area contributed by atoms with Gasteiger partial charge >= 0.3 is 5.97 Å². The molecule has 0 saturated heterocycles. The fourth-order valence-corrected chi connectivity index (χ4v) is 14.2. The Kier molecular flexibility index (Phi) is 81.8. The molecule has 6 heteroatoms. The summed E-state index contributed by atoms with van der Waals surface area (Å²) in [4.78, 5) is 24.7. The molecule has 0 aromatic carbocycles. The number of nitrogens with one attached hydrogen (secondary N) is 1. The minimum absolute atomic E-state index is 0.0224. The number of unbranched alkanes of at least 4 members (excludes halogenated alkanes) is 70. The molecule has 0 radical (unpaired) electrons. The molecule has 0 rings (SSSR count). The lowest BCUT2D eigenvalue weighted by molar-refractivity contribution is -0.143. The molecule has 0 spiro atoms. The standard InChI is InChI=1S/C87H171NO5/c1-3-5-7-9-11-13-15-17-19-21-23-24-25-34-37-40-44-47-51-55-59-63-67-71-75-79-85(90)84(83-89)88-86(91)80-76-72-68-64-60-56-52-48-45-41-38-35-32-30-28-26-27-29-31-33-36-39-42-46-50-54-58-62-66-70-74-78-82-93-87(92)81-77-73-69-65-61-57-53-49-43-22-20-18-16-14-12-10-8-6-4-2/h18,20,84-85,89-90H,3-17,19,21-83H2,1-2H3,(H,88,91)/b20-18-. The molecule has 6 nitrogen and oxygen atoms in total. The van der Waals surface area contributed by atoms with Crippen LogP contribution in [0.4, 0.5) is 0 Å². The van der Waals surface area contributed by atoms with Crippen LogP contribution in [0.3, 0.4) is 0 Å². The van der Waals surface area contributed by atoms with Crippen LogP contribution in [0.25, 0.3) is 0 Å². The number of aliphatic hydroxyl groups excluding tert-OH is 2. The van der Waals surface area contributed by atoms with Gasteiger partial charge in [0.05, 0.1) is 25.4 Å². The van der Waals surface area contributed by atoms with Gasteiger partial charge in [-0.05, 0) is 51.4 Å². The second-order valence-corrected chi connectivity index (χ2v) is 30.2. The van der Waals surface area contributed by atoms with E-state index in [1.54, 1.807) is 0 Å². The number of aliphatic hydroxyl groups is 2. The van der Waals surface area contributed by atoms with Crippen LogP contribution in [0.15, 0.2) is 12.2 Å². The van der Waals surface area contributed by atoms with Crippen LogP contribution < -0.4 is 5.32 Å². The van der Waals surface area contributed by atoms with Crippen LogP contribution in [-0.4, -0.2) is 47.4 Å². The number of carbonyl (C=O) groups is 2. The maximum atomic E-state index is 12.6. The van der Waals surface area contributed by atoms with Crippen LogP contribution in [0.5, 0.6) is 0 Å². The average Bonchev–Trinajstić information content (AvgIpc) is 3.78. The van der Waals surface area contributed by atoms with Gasteiger partial charge in [-0.25, -0.2) is 0 Å². The number of amides is 1. The highest BCUT2D eigenvalue weighted by Crippen LogP contribution is 2.21. The molecule has 1 amide bonds. The van der Waals surface area contributed by atoms with E-state index in [1.807, 2.05) is 0 Å². The Bertz CT molecular complexity index is 1420. The first-order chi connectivity index (χ1) is 46.0. The minimum Gasteiger partial charge on any atom is -0.466 e. The molecule has 2 unspecified atom stereocenters. The summed E-state index contributed by atoms with van der Waals surface area (Å²) in [5, 5.41) is 23.5. The van der Waals surface area contributed by atoms with Gasteiger partial charge in [-0.15, -0.1) is 0 Å². The average molecular weight is 1310 g/mol. The smallest absolute Gasteiger partial charge is 0.305 e. The monoisotopic (exact) mass is 1310 g/mol. The molecule has 3 N–H and O–H groups in total. The van der Waals surface area contributed by atoms with E-state index < -0.39 is 12.1 Å². The molecule has 0 fully saturated rings. The van der Waals surface area contributed by atoms with Gasteiger partial charge in [0, 0.05) is 12.8 Å². The van der Waals surface area contributed by atoms with Gasteiger partial charge in [-0.2, -0.15) is 0 Å². The van der Waals surface area contributed by atoms with Crippen LogP contribution >= 0.6 is 0 Å². The zero-order chi connectivity index (χ0) is 67.0. The van der Waals surface area contributed by atoms with Crippen molar-refractivity contribution in [3.63, 3.8) is 0 Å². The molecular formula is C87H171NO5. The van der Waals surface area contributed by atoms with E-state index in [0.717, 1.165) is 38.5 Å². The van der Waals surface area contributed by atoms with E-state index in [9.17, 15) is 19.8 Å². The second-order valence-electron chi connectivity index (χ2n) is 30.2. The Balaban J connectivity index is 3.32. The SMILES string of the molecule is CCCCCCCC/C=C\CCCCCCCCCCCC(=O)OCCCCCCCCCCCCCCCCCCCCCCCCCCCCCCCCCCC(=O)NC(CO)C(O)CCCCCCCCCCCCCCCCCCCCCCCCCCC. The normalized spacial score (nSPS) is 12.4. The highest BCUT2D eigenvalue weighted by Gasteiger charge is 2.20. The number of allylic oxidation sites excluding steroid dienone is 2. The van der Waals surface area contributed by atoms with E-state index >= 15 is 0 Å². The molecule has 0 aromatic heterocycles. The van der Waals surface area contributed by atoms with Crippen molar-refractivity contribution in [2.45, 2.75) is 520 Å². The van der Waals surface area contributed by atoms with Crippen molar-refractivity contribution in [1.82, 2.24) is 5.32 Å². The molecule has 0 aliphatic heterocycles. The lowest BCUT2D eigenvalue weighted by Crippen LogP contribution is -2.45. The Morgan fingerprint density at radius 1 is 0.290 bits per heavy atom. The van der Waals surface area contributed by atoms with Crippen LogP contribution in [0.1, 0.15) is 508 Å². The van der Waals surface area contributed by atoms with Crippen LogP contribution in [0, 0.1) is 0 Å². The lowest BCUT2D eigenvalue weighted by Gasteiger charge is -2.22. The van der Waals surface area contributed by atoms with E-state index in [1.165, 1.54) is 437 Å². The van der Waals surface area contributed by atoms with Crippen LogP contribution in [-0.2, 0) is 14.3 Å². The molecule has 0 aliphatic rings. The molecule has 0 aromatic rings. The molecule has 93 heavy (non-hydrogen) atoms. The summed E-state index contributed by atoms with van der Waals surface area (Å²) in [6, 6.07) is -0.539. The number of hydrogen-bond acceptors (Lipinski definition) is 5. The number of ether oxygens (including phenoxy) is 1. The summed E-state index contributed by atoms with van der Waals surface area (Å²) in [5.41, 5.74) is 0. The summed E-state index contributed by atoms with van der Waals surface area (Å²) in [6.45, 7) is 5.02. The van der Waals surface area contributed by atoms with Gasteiger partial charge in [0.25, 0.3) is 0 Å². The number of rotatable bonds is 83. The molecule has 2 atom stereocenters. The summed E-state index contributed by atoms with van der Waals surface area (Å²) in [6.07, 6.45) is 106. The Hall–Kier alpha value is -1.40. The quantitative estimate of drug-likeness (QED) is 0.0320.